The van der Waals surface area contributed by atoms with E-state index >= 15 is 0 Å². The molecule has 0 spiro atoms. The third-order valence-corrected chi connectivity index (χ3v) is 3.30. The summed E-state index contributed by atoms with van der Waals surface area (Å²) in [5.41, 5.74) is -0.308. The number of nitrogens with one attached hydrogen (secondary N) is 1. The summed E-state index contributed by atoms with van der Waals surface area (Å²) in [5, 5.41) is 12.8. The van der Waals surface area contributed by atoms with Gasteiger partial charge in [-0.05, 0) is 24.3 Å². The van der Waals surface area contributed by atoms with E-state index in [9.17, 15) is 19.3 Å². The van der Waals surface area contributed by atoms with Gasteiger partial charge in [-0.25, -0.2) is 4.39 Å². The Morgan fingerprint density at radius 1 is 1.24 bits per heavy atom. The molecule has 0 aliphatic heterocycles. The minimum Gasteiger partial charge on any atom is -0.322 e. The Labute approximate surface area is 128 Å². The summed E-state index contributed by atoms with van der Waals surface area (Å²) in [6, 6.07) is 7.56. The topological polar surface area (TPSA) is 72.2 Å². The Morgan fingerprint density at radius 2 is 1.95 bits per heavy atom. The second-order valence-corrected chi connectivity index (χ2v) is 4.76. The van der Waals surface area contributed by atoms with E-state index in [0.29, 0.717) is 0 Å². The number of carbonyl (C=O) groups excluding carboxylic acids is 1. The maximum atomic E-state index is 13.3. The van der Waals surface area contributed by atoms with Crippen LogP contribution in [0.25, 0.3) is 0 Å². The number of hydrogen-bond acceptors (Lipinski definition) is 3. The third kappa shape index (κ3) is 3.29. The van der Waals surface area contributed by atoms with Gasteiger partial charge in [0, 0.05) is 11.8 Å². The number of rotatable bonds is 3. The molecule has 2 rings (SSSR count). The lowest BCUT2D eigenvalue weighted by Crippen LogP contribution is -2.13. The fraction of sp³-hybridized carbons (Fsp3) is 0. The van der Waals surface area contributed by atoms with Gasteiger partial charge < -0.3 is 5.32 Å². The summed E-state index contributed by atoms with van der Waals surface area (Å²) < 4.78 is 13.3. The molecule has 1 amide bonds. The molecule has 1 N–H and O–H groups in total. The number of nitrogens with zero attached hydrogens (tertiary/aromatic N) is 1. The monoisotopic (exact) mass is 328 g/mol. The molecule has 0 unspecified atom stereocenters. The van der Waals surface area contributed by atoms with Gasteiger partial charge in [0.1, 0.15) is 10.8 Å². The molecule has 0 fully saturated rings. The molecular formula is C13H7Cl2FN2O3. The summed E-state index contributed by atoms with van der Waals surface area (Å²) in [6.45, 7) is 0. The molecule has 21 heavy (non-hydrogen) atoms. The van der Waals surface area contributed by atoms with E-state index in [4.69, 9.17) is 23.2 Å². The minimum absolute atomic E-state index is 0.0821. The van der Waals surface area contributed by atoms with Crippen LogP contribution >= 0.6 is 23.2 Å². The largest absolute Gasteiger partial charge is 0.322 e. The summed E-state index contributed by atoms with van der Waals surface area (Å²) in [4.78, 5) is 22.1. The molecule has 2 aromatic carbocycles. The van der Waals surface area contributed by atoms with Gasteiger partial charge in [-0.15, -0.1) is 0 Å². The van der Waals surface area contributed by atoms with E-state index in [2.05, 4.69) is 5.32 Å². The average Bonchev–Trinajstić information content (AvgIpc) is 2.42. The maximum Gasteiger partial charge on any atom is 0.288 e. The lowest BCUT2D eigenvalue weighted by atomic mass is 10.2. The van der Waals surface area contributed by atoms with Crippen LogP contribution in [-0.2, 0) is 0 Å². The van der Waals surface area contributed by atoms with Gasteiger partial charge in [-0.3, -0.25) is 14.9 Å². The van der Waals surface area contributed by atoms with Crippen LogP contribution in [0.4, 0.5) is 15.8 Å². The first kappa shape index (κ1) is 15.2. The van der Waals surface area contributed by atoms with Crippen molar-refractivity contribution < 1.29 is 14.1 Å². The lowest BCUT2D eigenvalue weighted by Gasteiger charge is -2.07. The second-order valence-electron chi connectivity index (χ2n) is 3.98. The molecule has 5 nitrogen and oxygen atoms in total. The quantitative estimate of drug-likeness (QED) is 0.674. The lowest BCUT2D eigenvalue weighted by molar-refractivity contribution is -0.384. The van der Waals surface area contributed by atoms with E-state index in [-0.39, 0.29) is 27.0 Å². The molecule has 0 aliphatic rings. The molecule has 0 radical (unpaired) electrons. The van der Waals surface area contributed by atoms with Crippen molar-refractivity contribution in [3.8, 4) is 0 Å². The highest BCUT2D eigenvalue weighted by Gasteiger charge is 2.20. The maximum absolute atomic E-state index is 13.3. The number of nitro groups is 1. The SMILES string of the molecule is O=C(Nc1ccc(Cl)c(F)c1)c1cccc([N+](=O)[O-])c1Cl. The zero-order valence-electron chi connectivity index (χ0n) is 10.3. The Hall–Kier alpha value is -2.18. The first-order valence-electron chi connectivity index (χ1n) is 5.59. The first-order chi connectivity index (χ1) is 9.90. The van der Waals surface area contributed by atoms with Gasteiger partial charge in [-0.2, -0.15) is 0 Å². The highest BCUT2D eigenvalue weighted by molar-refractivity contribution is 6.36. The molecule has 0 aliphatic carbocycles. The molecule has 0 saturated heterocycles. The Kier molecular flexibility index (Phi) is 4.40. The molecular weight excluding hydrogens is 322 g/mol. The predicted molar refractivity (Wildman–Crippen MR) is 77.5 cm³/mol. The fourth-order valence-electron chi connectivity index (χ4n) is 1.61. The number of carbonyl (C=O) groups is 1. The highest BCUT2D eigenvalue weighted by Crippen LogP contribution is 2.28. The van der Waals surface area contributed by atoms with Gasteiger partial charge >= 0.3 is 0 Å². The van der Waals surface area contributed by atoms with Crippen molar-refractivity contribution in [3.63, 3.8) is 0 Å². The van der Waals surface area contributed by atoms with Crippen LogP contribution in [0, 0.1) is 15.9 Å². The number of amides is 1. The molecule has 0 aromatic heterocycles. The zero-order chi connectivity index (χ0) is 15.6. The van der Waals surface area contributed by atoms with Crippen molar-refractivity contribution in [3.05, 3.63) is 67.9 Å². The molecule has 108 valence electrons. The summed E-state index contributed by atoms with van der Waals surface area (Å²) in [6.07, 6.45) is 0. The van der Waals surface area contributed by atoms with Crippen LogP contribution in [0.15, 0.2) is 36.4 Å². The van der Waals surface area contributed by atoms with E-state index in [0.717, 1.165) is 6.07 Å². The summed E-state index contributed by atoms with van der Waals surface area (Å²) >= 11 is 11.4. The second kappa shape index (κ2) is 6.07. The number of anilines is 1. The number of nitro benzene ring substituents is 1. The van der Waals surface area contributed by atoms with E-state index in [1.807, 2.05) is 0 Å². The van der Waals surface area contributed by atoms with Gasteiger partial charge in [-0.1, -0.05) is 29.3 Å². The van der Waals surface area contributed by atoms with Crippen LogP contribution in [0.3, 0.4) is 0 Å². The van der Waals surface area contributed by atoms with Gasteiger partial charge in [0.05, 0.1) is 15.5 Å². The third-order valence-electron chi connectivity index (χ3n) is 2.60. The molecule has 2 aromatic rings. The number of hydrogen-bond donors (Lipinski definition) is 1. The van der Waals surface area contributed by atoms with Crippen molar-refractivity contribution in [2.75, 3.05) is 5.32 Å². The van der Waals surface area contributed by atoms with Gasteiger partial charge in [0.25, 0.3) is 11.6 Å². The van der Waals surface area contributed by atoms with E-state index < -0.39 is 16.6 Å². The van der Waals surface area contributed by atoms with E-state index in [1.165, 1.54) is 30.3 Å². The van der Waals surface area contributed by atoms with E-state index in [1.54, 1.807) is 0 Å². The van der Waals surface area contributed by atoms with Crippen LogP contribution in [0.5, 0.6) is 0 Å². The van der Waals surface area contributed by atoms with Crippen LogP contribution in [-0.4, -0.2) is 10.8 Å². The van der Waals surface area contributed by atoms with Crippen LogP contribution in [0.2, 0.25) is 10.0 Å². The van der Waals surface area contributed by atoms with Crippen molar-refractivity contribution in [2.24, 2.45) is 0 Å². The predicted octanol–water partition coefficient (Wildman–Crippen LogP) is 4.29. The van der Waals surface area contributed by atoms with Crippen molar-refractivity contribution in [2.45, 2.75) is 0 Å². The van der Waals surface area contributed by atoms with Crippen molar-refractivity contribution in [1.29, 1.82) is 0 Å². The Morgan fingerprint density at radius 3 is 2.57 bits per heavy atom. The normalized spacial score (nSPS) is 10.2. The number of halogens is 3. The Balaban J connectivity index is 2.30. The fourth-order valence-corrected chi connectivity index (χ4v) is 2.01. The standard InChI is InChI=1S/C13H7Cl2FN2O3/c14-9-5-4-7(6-10(9)16)17-13(19)8-2-1-3-11(12(8)15)18(20)21/h1-6H,(H,17,19). The first-order valence-corrected chi connectivity index (χ1v) is 6.35. The highest BCUT2D eigenvalue weighted by atomic mass is 35.5. The summed E-state index contributed by atoms with van der Waals surface area (Å²) in [7, 11) is 0. The smallest absolute Gasteiger partial charge is 0.288 e. The zero-order valence-corrected chi connectivity index (χ0v) is 11.8. The van der Waals surface area contributed by atoms with Crippen molar-refractivity contribution in [1.82, 2.24) is 0 Å². The molecule has 0 heterocycles. The Bertz CT molecular complexity index is 737. The number of benzene rings is 2. The van der Waals surface area contributed by atoms with Gasteiger partial charge in [0.15, 0.2) is 0 Å². The average molecular weight is 329 g/mol. The minimum atomic E-state index is -0.695. The van der Waals surface area contributed by atoms with Crippen LogP contribution < -0.4 is 5.32 Å². The summed E-state index contributed by atoms with van der Waals surface area (Å²) in [5.74, 6) is -1.38. The van der Waals surface area contributed by atoms with Crippen LogP contribution in [0.1, 0.15) is 10.4 Å². The molecule has 0 atom stereocenters. The molecule has 0 bridgehead atoms. The van der Waals surface area contributed by atoms with Gasteiger partial charge in [0.2, 0.25) is 0 Å². The molecule has 8 heteroatoms. The molecule has 0 saturated carbocycles. The van der Waals surface area contributed by atoms with Crippen molar-refractivity contribution >= 4 is 40.5 Å².